The van der Waals surface area contributed by atoms with Crippen LogP contribution >= 0.6 is 0 Å². The van der Waals surface area contributed by atoms with Crippen molar-refractivity contribution in [2.24, 2.45) is 34.5 Å². The van der Waals surface area contributed by atoms with E-state index in [4.69, 9.17) is 0 Å². The molecular formula is C28H38N2O. The van der Waals surface area contributed by atoms with Crippen LogP contribution < -0.4 is 0 Å². The van der Waals surface area contributed by atoms with Gasteiger partial charge in [-0.05, 0) is 79.7 Å². The zero-order valence-corrected chi connectivity index (χ0v) is 19.7. The van der Waals surface area contributed by atoms with Crippen molar-refractivity contribution in [3.63, 3.8) is 0 Å². The van der Waals surface area contributed by atoms with Crippen LogP contribution in [0, 0.1) is 34.5 Å². The Morgan fingerprint density at radius 2 is 1.84 bits per heavy atom. The molecule has 2 aromatic rings. The van der Waals surface area contributed by atoms with E-state index in [-0.39, 0.29) is 5.41 Å². The molecule has 0 radical (unpaired) electrons. The summed E-state index contributed by atoms with van der Waals surface area (Å²) in [6.07, 6.45) is 13.8. The lowest BCUT2D eigenvalue weighted by atomic mass is 9.45. The Bertz CT molecular complexity index is 1020. The predicted octanol–water partition coefficient (Wildman–Crippen LogP) is 7.13. The second-order valence-electron chi connectivity index (χ2n) is 10.8. The fourth-order valence-corrected chi connectivity index (χ4v) is 8.11. The lowest BCUT2D eigenvalue weighted by Gasteiger charge is -2.60. The summed E-state index contributed by atoms with van der Waals surface area (Å²) in [5.41, 5.74) is 4.46. The van der Waals surface area contributed by atoms with Crippen molar-refractivity contribution in [3.8, 4) is 0 Å². The third kappa shape index (κ3) is 2.98. The van der Waals surface area contributed by atoms with Crippen molar-refractivity contribution in [1.82, 2.24) is 9.55 Å². The SMILES string of the molecule is CC.CC12CCC(=O)C[C@@H]1CCC1C2CC[C@]2(C)C(n3cnc4ccccc43)=CCC12. The van der Waals surface area contributed by atoms with E-state index in [2.05, 4.69) is 53.7 Å². The molecule has 0 saturated heterocycles. The third-order valence-corrected chi connectivity index (χ3v) is 9.73. The van der Waals surface area contributed by atoms with Crippen molar-refractivity contribution in [3.05, 3.63) is 36.7 Å². The monoisotopic (exact) mass is 418 g/mol. The molecule has 0 N–H and O–H groups in total. The molecule has 1 heterocycles. The number of para-hydroxylation sites is 2. The topological polar surface area (TPSA) is 34.9 Å². The van der Waals surface area contributed by atoms with Crippen LogP contribution in [0.15, 0.2) is 36.7 Å². The van der Waals surface area contributed by atoms with E-state index in [0.29, 0.717) is 17.1 Å². The molecular weight excluding hydrogens is 380 g/mol. The number of carbonyl (C=O) groups excluding carboxylic acids is 1. The highest BCUT2D eigenvalue weighted by Gasteiger charge is 2.58. The molecule has 0 amide bonds. The molecule has 3 fully saturated rings. The van der Waals surface area contributed by atoms with Gasteiger partial charge in [-0.2, -0.15) is 0 Å². The van der Waals surface area contributed by atoms with Crippen molar-refractivity contribution in [1.29, 1.82) is 0 Å². The molecule has 4 unspecified atom stereocenters. The summed E-state index contributed by atoms with van der Waals surface area (Å²) in [6.45, 7) is 9.07. The number of hydrogen-bond acceptors (Lipinski definition) is 2. The van der Waals surface area contributed by atoms with Gasteiger partial charge in [-0.3, -0.25) is 4.79 Å². The first-order chi connectivity index (χ1) is 15.0. The van der Waals surface area contributed by atoms with Crippen LogP contribution in [-0.4, -0.2) is 15.3 Å². The van der Waals surface area contributed by atoms with Crippen LogP contribution in [0.1, 0.15) is 79.1 Å². The highest BCUT2D eigenvalue weighted by molar-refractivity contribution is 5.80. The van der Waals surface area contributed by atoms with Gasteiger partial charge in [0.25, 0.3) is 0 Å². The summed E-state index contributed by atoms with van der Waals surface area (Å²) in [5.74, 6) is 3.52. The van der Waals surface area contributed by atoms with Gasteiger partial charge in [0, 0.05) is 24.0 Å². The van der Waals surface area contributed by atoms with Crippen LogP contribution in [0.25, 0.3) is 16.7 Å². The van der Waals surface area contributed by atoms with Gasteiger partial charge in [-0.25, -0.2) is 4.98 Å². The van der Waals surface area contributed by atoms with Gasteiger partial charge in [0.15, 0.2) is 0 Å². The van der Waals surface area contributed by atoms with Crippen molar-refractivity contribution >= 4 is 22.5 Å². The van der Waals surface area contributed by atoms with Crippen LogP contribution in [0.5, 0.6) is 0 Å². The largest absolute Gasteiger partial charge is 0.302 e. The molecule has 6 rings (SSSR count). The van der Waals surface area contributed by atoms with Gasteiger partial charge < -0.3 is 4.57 Å². The zero-order valence-electron chi connectivity index (χ0n) is 19.7. The molecule has 3 nitrogen and oxygen atoms in total. The van der Waals surface area contributed by atoms with E-state index in [1.807, 2.05) is 20.2 Å². The Balaban J connectivity index is 0.000000994. The van der Waals surface area contributed by atoms with Crippen LogP contribution in [-0.2, 0) is 4.79 Å². The smallest absolute Gasteiger partial charge is 0.133 e. The maximum Gasteiger partial charge on any atom is 0.133 e. The Kier molecular flexibility index (Phi) is 5.14. The summed E-state index contributed by atoms with van der Waals surface area (Å²) < 4.78 is 2.38. The average Bonchev–Trinajstić information content (AvgIpc) is 3.36. The molecule has 1 aromatic heterocycles. The molecule has 4 aliphatic carbocycles. The molecule has 166 valence electrons. The first-order valence-corrected chi connectivity index (χ1v) is 12.7. The summed E-state index contributed by atoms with van der Waals surface area (Å²) >= 11 is 0. The Hall–Kier alpha value is -1.90. The Labute approximate surface area is 187 Å². The van der Waals surface area contributed by atoms with E-state index < -0.39 is 0 Å². The number of allylic oxidation sites excluding steroid dienone is 2. The van der Waals surface area contributed by atoms with E-state index in [1.165, 1.54) is 43.3 Å². The molecule has 6 atom stereocenters. The first-order valence-electron chi connectivity index (χ1n) is 12.7. The zero-order chi connectivity index (χ0) is 21.8. The molecule has 0 bridgehead atoms. The van der Waals surface area contributed by atoms with Crippen molar-refractivity contribution < 1.29 is 4.79 Å². The average molecular weight is 419 g/mol. The normalized spacial score (nSPS) is 39.1. The Morgan fingerprint density at radius 1 is 1.03 bits per heavy atom. The molecule has 4 aliphatic rings. The number of imidazole rings is 1. The summed E-state index contributed by atoms with van der Waals surface area (Å²) in [4.78, 5) is 16.8. The highest BCUT2D eigenvalue weighted by Crippen LogP contribution is 2.66. The van der Waals surface area contributed by atoms with Crippen molar-refractivity contribution in [2.75, 3.05) is 0 Å². The minimum atomic E-state index is 0.248. The second kappa shape index (κ2) is 7.60. The number of hydrogen-bond donors (Lipinski definition) is 0. The van der Waals surface area contributed by atoms with Crippen LogP contribution in [0.4, 0.5) is 0 Å². The number of nitrogens with zero attached hydrogens (tertiary/aromatic N) is 2. The number of fused-ring (bicyclic) bond motifs is 6. The fourth-order valence-electron chi connectivity index (χ4n) is 8.11. The number of aromatic nitrogens is 2. The maximum atomic E-state index is 12.1. The predicted molar refractivity (Wildman–Crippen MR) is 127 cm³/mol. The molecule has 1 aromatic carbocycles. The summed E-state index contributed by atoms with van der Waals surface area (Å²) in [5, 5.41) is 0. The van der Waals surface area contributed by atoms with E-state index in [1.54, 1.807) is 0 Å². The minimum absolute atomic E-state index is 0.248. The molecule has 31 heavy (non-hydrogen) atoms. The molecule has 3 saturated carbocycles. The lowest BCUT2D eigenvalue weighted by molar-refractivity contribution is -0.136. The quantitative estimate of drug-likeness (QED) is 0.494. The number of Topliss-reactive ketones (excluding diaryl/α,β-unsaturated/α-hetero) is 1. The summed E-state index contributed by atoms with van der Waals surface area (Å²) in [6, 6.07) is 8.52. The van der Waals surface area contributed by atoms with Gasteiger partial charge in [-0.1, -0.05) is 45.9 Å². The summed E-state index contributed by atoms with van der Waals surface area (Å²) in [7, 11) is 0. The molecule has 0 spiro atoms. The third-order valence-electron chi connectivity index (χ3n) is 9.73. The molecule has 3 heteroatoms. The number of carbonyl (C=O) groups is 1. The molecule has 0 aliphatic heterocycles. The van der Waals surface area contributed by atoms with Gasteiger partial charge in [0.05, 0.1) is 11.0 Å². The van der Waals surface area contributed by atoms with E-state index in [9.17, 15) is 4.79 Å². The van der Waals surface area contributed by atoms with Gasteiger partial charge >= 0.3 is 0 Å². The Morgan fingerprint density at radius 3 is 2.68 bits per heavy atom. The number of ketones is 1. The van der Waals surface area contributed by atoms with Gasteiger partial charge in [0.1, 0.15) is 12.1 Å². The van der Waals surface area contributed by atoms with Crippen LogP contribution in [0.2, 0.25) is 0 Å². The lowest BCUT2D eigenvalue weighted by Crippen LogP contribution is -2.53. The first kappa shape index (κ1) is 21.0. The van der Waals surface area contributed by atoms with Gasteiger partial charge in [-0.15, -0.1) is 0 Å². The maximum absolute atomic E-state index is 12.1. The standard InChI is InChI=1S/C26H32N2O.C2H6/c1-25-13-11-18(29)15-17(25)7-8-19-20-9-10-24(26(20,2)14-12-21(19)25)28-16-27-22-5-3-4-6-23(22)28;1-2/h3-6,10,16-17,19-21H,7-9,11-15H2,1-2H3;1-2H3/t17-,19?,20?,21?,25?,26-;/m0./s1. The van der Waals surface area contributed by atoms with Crippen molar-refractivity contribution in [2.45, 2.75) is 79.1 Å². The second-order valence-corrected chi connectivity index (χ2v) is 10.8. The fraction of sp³-hybridized carbons (Fsp3) is 0.643. The van der Waals surface area contributed by atoms with Crippen LogP contribution in [0.3, 0.4) is 0 Å². The number of benzene rings is 1. The number of rotatable bonds is 1. The minimum Gasteiger partial charge on any atom is -0.302 e. The van der Waals surface area contributed by atoms with E-state index >= 15 is 0 Å². The van der Waals surface area contributed by atoms with Gasteiger partial charge in [0.2, 0.25) is 0 Å². The highest BCUT2D eigenvalue weighted by atomic mass is 16.1. The van der Waals surface area contributed by atoms with E-state index in [0.717, 1.165) is 42.5 Å².